The topological polar surface area (TPSA) is 135 Å². The normalized spacial score (nSPS) is 39.1. The molecule has 12 nitrogen and oxygen atoms in total. The number of ether oxygens (including phenoxy) is 5. The molecule has 12 heteroatoms. The van der Waals surface area contributed by atoms with Gasteiger partial charge in [-0.1, -0.05) is 27.7 Å². The summed E-state index contributed by atoms with van der Waals surface area (Å²) in [5, 5.41) is 0. The SMILES string of the molecule is CC[C@H]1OC(=O)[C@H](C)C(=O)[C@H](C)[C@@H](O[C@@H]2O[C@H](C)C[C@H](N(C)C)C2C)[C@](C)(OC)C[C@@H](C)C(=O)/C(C)=C/[C@]1(C)OC(=O)n1ccnc1. The summed E-state index contributed by atoms with van der Waals surface area (Å²) in [6.45, 7) is 15.9. The molecule has 264 valence electrons. The Morgan fingerprint density at radius 3 is 2.34 bits per heavy atom. The van der Waals surface area contributed by atoms with Crippen molar-refractivity contribution in [1.82, 2.24) is 14.5 Å². The first kappa shape index (κ1) is 38.5. The summed E-state index contributed by atoms with van der Waals surface area (Å²) in [5.41, 5.74) is -2.36. The zero-order valence-corrected chi connectivity index (χ0v) is 30.1. The van der Waals surface area contributed by atoms with E-state index in [9.17, 15) is 19.2 Å². The van der Waals surface area contributed by atoms with Gasteiger partial charge in [0.15, 0.2) is 23.5 Å². The largest absolute Gasteiger partial charge is 0.457 e. The summed E-state index contributed by atoms with van der Waals surface area (Å²) in [6, 6.07) is 0.174. The highest BCUT2D eigenvalue weighted by atomic mass is 16.7. The minimum atomic E-state index is -1.55. The van der Waals surface area contributed by atoms with Crippen LogP contribution in [0.1, 0.15) is 81.6 Å². The van der Waals surface area contributed by atoms with Gasteiger partial charge < -0.3 is 28.6 Å². The Bertz CT molecular complexity index is 1300. The molecule has 0 N–H and O–H groups in total. The number of aromatic nitrogens is 2. The average Bonchev–Trinajstić information content (AvgIpc) is 3.57. The van der Waals surface area contributed by atoms with Crippen molar-refractivity contribution in [3.05, 3.63) is 30.4 Å². The van der Waals surface area contributed by atoms with E-state index in [1.165, 1.54) is 38.8 Å². The number of cyclic esters (lactones) is 1. The van der Waals surface area contributed by atoms with Crippen LogP contribution in [0.25, 0.3) is 0 Å². The molecule has 0 aromatic carbocycles. The molecule has 2 aliphatic rings. The van der Waals surface area contributed by atoms with Crippen LogP contribution < -0.4 is 0 Å². The summed E-state index contributed by atoms with van der Waals surface area (Å²) >= 11 is 0. The lowest BCUT2D eigenvalue weighted by atomic mass is 9.76. The van der Waals surface area contributed by atoms with E-state index in [0.29, 0.717) is 5.57 Å². The third-order valence-corrected chi connectivity index (χ3v) is 10.0. The lowest BCUT2D eigenvalue weighted by Crippen LogP contribution is -2.57. The van der Waals surface area contributed by atoms with Crippen LogP contribution in [-0.2, 0) is 38.1 Å². The van der Waals surface area contributed by atoms with Gasteiger partial charge in [0, 0.05) is 43.3 Å². The fraction of sp³-hybridized carbons (Fsp3) is 0.743. The molecule has 1 unspecified atom stereocenters. The number of nitrogens with zero attached hydrogens (tertiary/aromatic N) is 3. The van der Waals surface area contributed by atoms with Crippen molar-refractivity contribution in [2.45, 2.75) is 123 Å². The number of rotatable bonds is 6. The maximum atomic E-state index is 14.1. The summed E-state index contributed by atoms with van der Waals surface area (Å²) in [6.07, 6.45) is 3.54. The number of carbonyl (C=O) groups is 4. The Labute approximate surface area is 279 Å². The van der Waals surface area contributed by atoms with Crippen molar-refractivity contribution in [1.29, 1.82) is 0 Å². The van der Waals surface area contributed by atoms with Gasteiger partial charge in [0.1, 0.15) is 18.3 Å². The van der Waals surface area contributed by atoms with Crippen molar-refractivity contribution >= 4 is 23.6 Å². The van der Waals surface area contributed by atoms with Crippen molar-refractivity contribution < 1.29 is 42.9 Å². The molecule has 0 spiro atoms. The highest BCUT2D eigenvalue weighted by Gasteiger charge is 2.49. The number of hydrogen-bond acceptors (Lipinski definition) is 11. The lowest BCUT2D eigenvalue weighted by Gasteiger charge is -2.47. The molecule has 0 radical (unpaired) electrons. The van der Waals surface area contributed by atoms with E-state index in [1.807, 2.05) is 27.9 Å². The first-order chi connectivity index (χ1) is 21.9. The Kier molecular flexibility index (Phi) is 12.7. The zero-order valence-electron chi connectivity index (χ0n) is 30.1. The van der Waals surface area contributed by atoms with Crippen LogP contribution in [0, 0.1) is 23.7 Å². The number of imidazole rings is 1. The first-order valence-corrected chi connectivity index (χ1v) is 16.6. The van der Waals surface area contributed by atoms with Crippen LogP contribution in [0.4, 0.5) is 4.79 Å². The molecule has 3 heterocycles. The second-order valence-electron chi connectivity index (χ2n) is 14.1. The fourth-order valence-electron chi connectivity index (χ4n) is 7.13. The molecule has 11 atom stereocenters. The number of ketones is 2. The number of allylic oxidation sites excluding steroid dienone is 1. The average molecular weight is 662 g/mol. The second kappa shape index (κ2) is 15.5. The highest BCUT2D eigenvalue weighted by molar-refractivity contribution is 6.00. The lowest BCUT2D eigenvalue weighted by molar-refractivity contribution is -0.280. The Balaban J connectivity index is 2.10. The quantitative estimate of drug-likeness (QED) is 0.306. The maximum absolute atomic E-state index is 14.1. The first-order valence-electron chi connectivity index (χ1n) is 16.6. The Hall–Kier alpha value is -2.93. The molecule has 1 saturated heterocycles. The number of hydrogen-bond donors (Lipinski definition) is 0. The predicted octanol–water partition coefficient (Wildman–Crippen LogP) is 4.84. The fourth-order valence-corrected chi connectivity index (χ4v) is 7.13. The third-order valence-electron chi connectivity index (χ3n) is 10.0. The number of esters is 1. The van der Waals surface area contributed by atoms with Crippen LogP contribution in [0.2, 0.25) is 0 Å². The van der Waals surface area contributed by atoms with Crippen LogP contribution in [-0.4, -0.2) is 101 Å². The number of Topliss-reactive ketones (excluding diaryl/α,β-unsaturated/α-hetero) is 2. The molecule has 1 aromatic rings. The minimum absolute atomic E-state index is 0.0441. The van der Waals surface area contributed by atoms with Gasteiger partial charge in [0.05, 0.1) is 17.8 Å². The summed E-state index contributed by atoms with van der Waals surface area (Å²) in [4.78, 5) is 60.9. The van der Waals surface area contributed by atoms with E-state index in [0.717, 1.165) is 11.0 Å². The van der Waals surface area contributed by atoms with E-state index in [4.69, 9.17) is 23.7 Å². The monoisotopic (exact) mass is 661 g/mol. The van der Waals surface area contributed by atoms with Gasteiger partial charge in [0.25, 0.3) is 0 Å². The Morgan fingerprint density at radius 1 is 1.13 bits per heavy atom. The van der Waals surface area contributed by atoms with Crippen LogP contribution >= 0.6 is 0 Å². The molecule has 0 saturated carbocycles. The van der Waals surface area contributed by atoms with E-state index in [2.05, 4.69) is 16.8 Å². The molecule has 3 rings (SSSR count). The number of carbonyl (C=O) groups excluding carboxylic acids is 4. The van der Waals surface area contributed by atoms with Gasteiger partial charge in [-0.3, -0.25) is 14.4 Å². The number of methoxy groups -OCH3 is 1. The van der Waals surface area contributed by atoms with Gasteiger partial charge in [-0.05, 0) is 79.6 Å². The molecule has 1 fully saturated rings. The molecular weight excluding hydrogens is 606 g/mol. The molecule has 47 heavy (non-hydrogen) atoms. The third kappa shape index (κ3) is 8.57. The standard InChI is InChI=1S/C35H55N3O9/c1-13-27-34(8,47-33(42)38-15-14-36-19-38)17-20(2)28(39)21(3)18-35(9,43-12)30(24(6)29(40)25(7)31(41)45-27)46-32-23(5)26(37(10)11)16-22(4)44-32/h14-15,17,19,21-27,30,32H,13,16,18H2,1-12H3/b20-17+/t21-,22-,23?,24+,25-,26+,27-,30-,32+,34+,35-/m1/s1. The van der Waals surface area contributed by atoms with Gasteiger partial charge in [-0.2, -0.15) is 0 Å². The van der Waals surface area contributed by atoms with Gasteiger partial charge in [-0.25, -0.2) is 14.3 Å². The van der Waals surface area contributed by atoms with E-state index >= 15 is 0 Å². The zero-order chi connectivity index (χ0) is 35.4. The predicted molar refractivity (Wildman–Crippen MR) is 174 cm³/mol. The van der Waals surface area contributed by atoms with Crippen LogP contribution in [0.5, 0.6) is 0 Å². The van der Waals surface area contributed by atoms with Crippen LogP contribution in [0.3, 0.4) is 0 Å². The molecule has 1 aromatic heterocycles. The summed E-state index contributed by atoms with van der Waals surface area (Å²) < 4.78 is 32.2. The van der Waals surface area contributed by atoms with E-state index < -0.39 is 65.3 Å². The maximum Gasteiger partial charge on any atom is 0.420 e. The van der Waals surface area contributed by atoms with Crippen molar-refractivity contribution in [2.75, 3.05) is 21.2 Å². The Morgan fingerprint density at radius 2 is 1.79 bits per heavy atom. The smallest absolute Gasteiger partial charge is 0.420 e. The minimum Gasteiger partial charge on any atom is -0.457 e. The molecular formula is C35H55N3O9. The van der Waals surface area contributed by atoms with Gasteiger partial charge in [-0.15, -0.1) is 0 Å². The van der Waals surface area contributed by atoms with Crippen molar-refractivity contribution in [2.24, 2.45) is 23.7 Å². The van der Waals surface area contributed by atoms with Crippen molar-refractivity contribution in [3.63, 3.8) is 0 Å². The van der Waals surface area contributed by atoms with Crippen molar-refractivity contribution in [3.8, 4) is 0 Å². The van der Waals surface area contributed by atoms with Crippen LogP contribution in [0.15, 0.2) is 30.4 Å². The van der Waals surface area contributed by atoms with Gasteiger partial charge >= 0.3 is 12.1 Å². The summed E-state index contributed by atoms with van der Waals surface area (Å²) in [5.74, 6) is -4.05. The molecule has 0 aliphatic carbocycles. The van der Waals surface area contributed by atoms with Gasteiger partial charge in [0.2, 0.25) is 0 Å². The van der Waals surface area contributed by atoms with E-state index in [-0.39, 0.29) is 36.7 Å². The molecule has 2 aliphatic heterocycles. The second-order valence-corrected chi connectivity index (χ2v) is 14.1. The molecule has 0 amide bonds. The molecule has 0 bridgehead atoms. The van der Waals surface area contributed by atoms with E-state index in [1.54, 1.807) is 34.6 Å². The highest BCUT2D eigenvalue weighted by Crippen LogP contribution is 2.38. The summed E-state index contributed by atoms with van der Waals surface area (Å²) in [7, 11) is 5.57.